The van der Waals surface area contributed by atoms with E-state index in [1.807, 2.05) is 13.0 Å². The van der Waals surface area contributed by atoms with E-state index in [1.54, 1.807) is 36.4 Å². The molecule has 0 aliphatic heterocycles. The molecule has 2 aromatic rings. The van der Waals surface area contributed by atoms with Gasteiger partial charge in [0.2, 0.25) is 0 Å². The summed E-state index contributed by atoms with van der Waals surface area (Å²) in [5.74, 6) is 0.271. The van der Waals surface area contributed by atoms with Gasteiger partial charge in [0.05, 0.1) is 18.7 Å². The maximum absolute atomic E-state index is 12.3. The molecule has 0 atom stereocenters. The second kappa shape index (κ2) is 9.14. The van der Waals surface area contributed by atoms with Crippen LogP contribution in [0, 0.1) is 11.3 Å². The van der Waals surface area contributed by atoms with Crippen LogP contribution < -0.4 is 14.8 Å². The van der Waals surface area contributed by atoms with Crippen LogP contribution in [0.3, 0.4) is 0 Å². The van der Waals surface area contributed by atoms with Gasteiger partial charge in [-0.05, 0) is 48.9 Å². The molecule has 1 N–H and O–H groups in total. The molecule has 0 aromatic heterocycles. The monoisotopic (exact) mass is 390 g/mol. The third-order valence-electron chi connectivity index (χ3n) is 3.30. The summed E-state index contributed by atoms with van der Waals surface area (Å²) >= 11 is 12.1. The molecule has 26 heavy (non-hydrogen) atoms. The topological polar surface area (TPSA) is 71.3 Å². The molecule has 0 saturated carbocycles. The normalized spacial score (nSPS) is 10.8. The lowest BCUT2D eigenvalue weighted by atomic mass is 10.1. The lowest BCUT2D eigenvalue weighted by Crippen LogP contribution is -2.13. The summed E-state index contributed by atoms with van der Waals surface area (Å²) < 4.78 is 10.7. The van der Waals surface area contributed by atoms with E-state index < -0.39 is 5.91 Å². The van der Waals surface area contributed by atoms with Crippen LogP contribution in [0.2, 0.25) is 10.0 Å². The van der Waals surface area contributed by atoms with Crippen molar-refractivity contribution in [1.29, 1.82) is 5.26 Å². The summed E-state index contributed by atoms with van der Waals surface area (Å²) in [6.07, 6.45) is 1.42. The van der Waals surface area contributed by atoms with Crippen molar-refractivity contribution in [2.75, 3.05) is 19.0 Å². The third kappa shape index (κ3) is 4.92. The summed E-state index contributed by atoms with van der Waals surface area (Å²) in [4.78, 5) is 12.3. The van der Waals surface area contributed by atoms with E-state index in [1.165, 1.54) is 13.2 Å². The number of methoxy groups -OCH3 is 1. The van der Waals surface area contributed by atoms with Crippen molar-refractivity contribution in [3.8, 4) is 17.6 Å². The minimum absolute atomic E-state index is 0.0905. The Morgan fingerprint density at radius 3 is 2.69 bits per heavy atom. The van der Waals surface area contributed by atoms with Gasteiger partial charge in [-0.1, -0.05) is 29.3 Å². The van der Waals surface area contributed by atoms with Crippen LogP contribution in [0.15, 0.2) is 42.0 Å². The number of ether oxygens (including phenoxy) is 2. The molecular formula is C19H16Cl2N2O3. The van der Waals surface area contributed by atoms with Crippen LogP contribution in [0.5, 0.6) is 11.5 Å². The number of hydrogen-bond acceptors (Lipinski definition) is 4. The van der Waals surface area contributed by atoms with Gasteiger partial charge in [-0.2, -0.15) is 5.26 Å². The number of halogens is 2. The highest BCUT2D eigenvalue weighted by Crippen LogP contribution is 2.37. The van der Waals surface area contributed by atoms with Gasteiger partial charge in [0.25, 0.3) is 5.91 Å². The van der Waals surface area contributed by atoms with E-state index in [2.05, 4.69) is 5.32 Å². The fourth-order valence-electron chi connectivity index (χ4n) is 2.19. The van der Waals surface area contributed by atoms with Gasteiger partial charge in [-0.3, -0.25) is 4.79 Å². The smallest absolute Gasteiger partial charge is 0.266 e. The highest BCUT2D eigenvalue weighted by Gasteiger charge is 2.14. The molecule has 2 rings (SSSR count). The fourth-order valence-corrected chi connectivity index (χ4v) is 2.65. The Kier molecular flexibility index (Phi) is 6.90. The molecular weight excluding hydrogens is 375 g/mol. The first-order valence-corrected chi connectivity index (χ1v) is 8.43. The van der Waals surface area contributed by atoms with E-state index in [9.17, 15) is 10.1 Å². The van der Waals surface area contributed by atoms with Crippen LogP contribution in [-0.2, 0) is 4.79 Å². The summed E-state index contributed by atoms with van der Waals surface area (Å²) in [6, 6.07) is 11.8. The summed E-state index contributed by atoms with van der Waals surface area (Å²) in [5, 5.41) is 12.8. The van der Waals surface area contributed by atoms with Crippen molar-refractivity contribution >= 4 is 40.9 Å². The van der Waals surface area contributed by atoms with Gasteiger partial charge in [0, 0.05) is 10.7 Å². The standard InChI is InChI=1S/C19H16Cl2N2O3/c1-3-26-18-16(21)8-12(9-17(18)25-2)7-13(11-22)19(24)23-15-6-4-5-14(20)10-15/h4-10H,3H2,1-2H3,(H,23,24)/b13-7+. The van der Waals surface area contributed by atoms with E-state index >= 15 is 0 Å². The number of carbonyl (C=O) groups is 1. The fraction of sp³-hybridized carbons (Fsp3) is 0.158. The SMILES string of the molecule is CCOc1c(Cl)cc(/C=C(\C#N)C(=O)Nc2cccc(Cl)c2)cc1OC. The molecule has 2 aromatic carbocycles. The minimum Gasteiger partial charge on any atom is -0.493 e. The summed E-state index contributed by atoms with van der Waals surface area (Å²) in [6.45, 7) is 2.26. The number of nitrogens with one attached hydrogen (secondary N) is 1. The average Bonchev–Trinajstić information content (AvgIpc) is 2.61. The van der Waals surface area contributed by atoms with Crippen molar-refractivity contribution in [3.63, 3.8) is 0 Å². The molecule has 0 saturated heterocycles. The maximum Gasteiger partial charge on any atom is 0.266 e. The number of benzene rings is 2. The summed E-state index contributed by atoms with van der Waals surface area (Å²) in [7, 11) is 1.48. The van der Waals surface area contributed by atoms with Crippen molar-refractivity contribution in [2.24, 2.45) is 0 Å². The minimum atomic E-state index is -0.557. The summed E-state index contributed by atoms with van der Waals surface area (Å²) in [5.41, 5.74) is 0.936. The molecule has 134 valence electrons. The number of nitriles is 1. The van der Waals surface area contributed by atoms with E-state index in [0.29, 0.717) is 39.4 Å². The van der Waals surface area contributed by atoms with Crippen LogP contribution >= 0.6 is 23.2 Å². The number of anilines is 1. The zero-order valence-corrected chi connectivity index (χ0v) is 15.7. The zero-order valence-electron chi connectivity index (χ0n) is 14.2. The van der Waals surface area contributed by atoms with Crippen molar-refractivity contribution in [3.05, 3.63) is 57.6 Å². The average molecular weight is 391 g/mol. The first-order valence-electron chi connectivity index (χ1n) is 7.67. The number of rotatable bonds is 6. The lowest BCUT2D eigenvalue weighted by Gasteiger charge is -2.12. The van der Waals surface area contributed by atoms with Gasteiger partial charge in [0.15, 0.2) is 11.5 Å². The molecule has 0 aliphatic rings. The molecule has 0 unspecified atom stereocenters. The predicted molar refractivity (Wildman–Crippen MR) is 103 cm³/mol. The predicted octanol–water partition coefficient (Wildman–Crippen LogP) is 4.95. The Bertz CT molecular complexity index is 889. The molecule has 0 spiro atoms. The quantitative estimate of drug-likeness (QED) is 0.559. The van der Waals surface area contributed by atoms with Crippen LogP contribution in [-0.4, -0.2) is 19.6 Å². The number of amides is 1. The molecule has 0 heterocycles. The van der Waals surface area contributed by atoms with E-state index in [4.69, 9.17) is 32.7 Å². The highest BCUT2D eigenvalue weighted by molar-refractivity contribution is 6.32. The van der Waals surface area contributed by atoms with Gasteiger partial charge in [0.1, 0.15) is 11.6 Å². The molecule has 0 fully saturated rings. The largest absolute Gasteiger partial charge is 0.493 e. The highest BCUT2D eigenvalue weighted by atomic mass is 35.5. The molecule has 0 bridgehead atoms. The van der Waals surface area contributed by atoms with E-state index in [-0.39, 0.29) is 5.57 Å². The molecule has 0 radical (unpaired) electrons. The number of nitrogens with zero attached hydrogens (tertiary/aromatic N) is 1. The van der Waals surface area contributed by atoms with Gasteiger partial charge in [-0.25, -0.2) is 0 Å². The van der Waals surface area contributed by atoms with Crippen LogP contribution in [0.4, 0.5) is 5.69 Å². The molecule has 0 aliphatic carbocycles. The Labute approximate surface area is 161 Å². The van der Waals surface area contributed by atoms with Crippen molar-refractivity contribution in [1.82, 2.24) is 0 Å². The Hall–Kier alpha value is -2.68. The molecule has 7 heteroatoms. The second-order valence-electron chi connectivity index (χ2n) is 5.10. The second-order valence-corrected chi connectivity index (χ2v) is 5.95. The maximum atomic E-state index is 12.3. The van der Waals surface area contributed by atoms with Gasteiger partial charge in [-0.15, -0.1) is 0 Å². The first-order chi connectivity index (χ1) is 12.5. The van der Waals surface area contributed by atoms with Crippen LogP contribution in [0.25, 0.3) is 6.08 Å². The zero-order chi connectivity index (χ0) is 19.1. The van der Waals surface area contributed by atoms with Gasteiger partial charge < -0.3 is 14.8 Å². The molecule has 1 amide bonds. The van der Waals surface area contributed by atoms with E-state index in [0.717, 1.165) is 0 Å². The first kappa shape index (κ1) is 19.6. The Balaban J connectivity index is 2.32. The van der Waals surface area contributed by atoms with Crippen LogP contribution in [0.1, 0.15) is 12.5 Å². The number of carbonyl (C=O) groups excluding carboxylic acids is 1. The molecule has 5 nitrogen and oxygen atoms in total. The van der Waals surface area contributed by atoms with Gasteiger partial charge >= 0.3 is 0 Å². The Morgan fingerprint density at radius 1 is 1.31 bits per heavy atom. The third-order valence-corrected chi connectivity index (χ3v) is 3.81. The lowest BCUT2D eigenvalue weighted by molar-refractivity contribution is -0.112. The van der Waals surface area contributed by atoms with Crippen molar-refractivity contribution in [2.45, 2.75) is 6.92 Å². The van der Waals surface area contributed by atoms with Crippen molar-refractivity contribution < 1.29 is 14.3 Å². The number of hydrogen-bond donors (Lipinski definition) is 1. The Morgan fingerprint density at radius 2 is 2.08 bits per heavy atom.